The van der Waals surface area contributed by atoms with Crippen molar-refractivity contribution in [2.45, 2.75) is 18.9 Å². The highest BCUT2D eigenvalue weighted by Crippen LogP contribution is 2.31. The summed E-state index contributed by atoms with van der Waals surface area (Å²) in [6, 6.07) is 3.91. The molecular formula is C15H17N3O4. The second-order valence-electron chi connectivity index (χ2n) is 4.83. The normalized spacial score (nSPS) is 14.5. The molecule has 0 fully saturated rings. The number of likely N-dealkylation sites (N-methyl/N-ethyl adjacent to an activating group) is 1. The van der Waals surface area contributed by atoms with Crippen molar-refractivity contribution in [1.82, 2.24) is 10.2 Å². The molecule has 1 unspecified atom stereocenters. The number of hydrogen-bond acceptors (Lipinski definition) is 5. The molecular weight excluding hydrogens is 286 g/mol. The Labute approximate surface area is 127 Å². The predicted octanol–water partition coefficient (Wildman–Crippen LogP) is 0.418. The van der Waals surface area contributed by atoms with E-state index in [9.17, 15) is 19.2 Å². The Morgan fingerprint density at radius 1 is 1.27 bits per heavy atom. The lowest BCUT2D eigenvalue weighted by molar-refractivity contribution is -0.124. The summed E-state index contributed by atoms with van der Waals surface area (Å²) in [5.74, 6) is -1.51. The zero-order valence-electron chi connectivity index (χ0n) is 12.4. The largest absolute Gasteiger partial charge is 0.387 e. The van der Waals surface area contributed by atoms with Gasteiger partial charge in [-0.05, 0) is 18.6 Å². The minimum Gasteiger partial charge on any atom is -0.387 e. The number of hydrogen-bond donors (Lipinski definition) is 2. The number of rotatable bonds is 6. The summed E-state index contributed by atoms with van der Waals surface area (Å²) in [5.41, 5.74) is 1.05. The molecule has 1 aliphatic rings. The van der Waals surface area contributed by atoms with Gasteiger partial charge in [0.15, 0.2) is 0 Å². The van der Waals surface area contributed by atoms with Gasteiger partial charge >= 0.3 is 0 Å². The van der Waals surface area contributed by atoms with Crippen LogP contribution >= 0.6 is 0 Å². The molecule has 22 heavy (non-hydrogen) atoms. The molecule has 116 valence electrons. The summed E-state index contributed by atoms with van der Waals surface area (Å²) in [6.45, 7) is 0. The number of imide groups is 1. The van der Waals surface area contributed by atoms with Gasteiger partial charge in [0.1, 0.15) is 12.3 Å². The maximum Gasteiger partial charge on any atom is 0.264 e. The molecule has 2 N–H and O–H groups in total. The van der Waals surface area contributed by atoms with Gasteiger partial charge in [-0.1, -0.05) is 6.07 Å². The first-order valence-electron chi connectivity index (χ1n) is 6.90. The Hall–Kier alpha value is -2.70. The number of anilines is 1. The Balaban J connectivity index is 2.44. The van der Waals surface area contributed by atoms with Crippen molar-refractivity contribution in [1.29, 1.82) is 0 Å². The van der Waals surface area contributed by atoms with Gasteiger partial charge in [0, 0.05) is 26.2 Å². The average molecular weight is 303 g/mol. The van der Waals surface area contributed by atoms with Crippen LogP contribution in [-0.4, -0.2) is 49.0 Å². The summed E-state index contributed by atoms with van der Waals surface area (Å²) < 4.78 is 0. The van der Waals surface area contributed by atoms with Crippen LogP contribution in [0.3, 0.4) is 0 Å². The minimum absolute atomic E-state index is 0.0877. The lowest BCUT2D eigenvalue weighted by Gasteiger charge is -2.24. The van der Waals surface area contributed by atoms with Crippen LogP contribution in [0.1, 0.15) is 33.6 Å². The van der Waals surface area contributed by atoms with E-state index in [4.69, 9.17) is 0 Å². The van der Waals surface area contributed by atoms with E-state index in [1.54, 1.807) is 25.2 Å². The number of carbonyl (C=O) groups excluding carboxylic acids is 4. The molecule has 7 nitrogen and oxygen atoms in total. The van der Waals surface area contributed by atoms with Gasteiger partial charge in [0.2, 0.25) is 5.91 Å². The molecule has 0 saturated carbocycles. The number of aldehydes is 1. The van der Waals surface area contributed by atoms with Gasteiger partial charge in [-0.15, -0.1) is 0 Å². The zero-order valence-corrected chi connectivity index (χ0v) is 12.4. The highest BCUT2D eigenvalue weighted by Gasteiger charge is 2.43. The summed E-state index contributed by atoms with van der Waals surface area (Å²) in [5, 5.41) is 5.30. The van der Waals surface area contributed by atoms with E-state index in [1.165, 1.54) is 7.05 Å². The maximum absolute atomic E-state index is 12.6. The summed E-state index contributed by atoms with van der Waals surface area (Å²) >= 11 is 0. The molecule has 0 spiro atoms. The lowest BCUT2D eigenvalue weighted by Crippen LogP contribution is -2.48. The van der Waals surface area contributed by atoms with E-state index in [2.05, 4.69) is 10.6 Å². The molecule has 1 aliphatic heterocycles. The van der Waals surface area contributed by atoms with Crippen LogP contribution in [0, 0.1) is 0 Å². The Kier molecular flexibility index (Phi) is 4.55. The van der Waals surface area contributed by atoms with Gasteiger partial charge in [0.05, 0.1) is 11.1 Å². The standard InChI is InChI=1S/C15H17N3O4/c1-16-10-6-3-5-9-12(10)15(22)18(14(9)21)11(7-4-8-19)13(20)17-2/h3,5-6,8,11,16H,4,7H2,1-2H3,(H,17,20). The quantitative estimate of drug-likeness (QED) is 0.586. The molecule has 1 aromatic carbocycles. The van der Waals surface area contributed by atoms with Gasteiger partial charge in [-0.2, -0.15) is 0 Å². The molecule has 2 rings (SSSR count). The van der Waals surface area contributed by atoms with Crippen LogP contribution in [-0.2, 0) is 9.59 Å². The van der Waals surface area contributed by atoms with Crippen molar-refractivity contribution in [2.24, 2.45) is 0 Å². The first kappa shape index (κ1) is 15.7. The maximum atomic E-state index is 12.6. The Morgan fingerprint density at radius 2 is 2.00 bits per heavy atom. The van der Waals surface area contributed by atoms with E-state index in [1.807, 2.05) is 0 Å². The molecule has 1 heterocycles. The number of fused-ring (bicyclic) bond motifs is 1. The van der Waals surface area contributed by atoms with E-state index < -0.39 is 23.8 Å². The van der Waals surface area contributed by atoms with Gasteiger partial charge in [-0.25, -0.2) is 0 Å². The Morgan fingerprint density at radius 3 is 2.59 bits per heavy atom. The van der Waals surface area contributed by atoms with Crippen molar-refractivity contribution in [3.63, 3.8) is 0 Å². The lowest BCUT2D eigenvalue weighted by atomic mass is 10.1. The first-order valence-corrected chi connectivity index (χ1v) is 6.90. The van der Waals surface area contributed by atoms with Gasteiger partial charge in [-0.3, -0.25) is 19.3 Å². The molecule has 7 heteroatoms. The average Bonchev–Trinajstić information content (AvgIpc) is 2.80. The van der Waals surface area contributed by atoms with E-state index in [0.29, 0.717) is 12.0 Å². The molecule has 0 saturated heterocycles. The van der Waals surface area contributed by atoms with Crippen LogP contribution < -0.4 is 10.6 Å². The predicted molar refractivity (Wildman–Crippen MR) is 79.6 cm³/mol. The molecule has 1 atom stereocenters. The third-order valence-corrected chi connectivity index (χ3v) is 3.63. The van der Waals surface area contributed by atoms with Crippen LogP contribution in [0.4, 0.5) is 5.69 Å². The highest BCUT2D eigenvalue weighted by atomic mass is 16.2. The van der Waals surface area contributed by atoms with Crippen LogP contribution in [0.15, 0.2) is 18.2 Å². The second kappa shape index (κ2) is 6.38. The van der Waals surface area contributed by atoms with E-state index >= 15 is 0 Å². The summed E-state index contributed by atoms with van der Waals surface area (Å²) in [7, 11) is 3.08. The van der Waals surface area contributed by atoms with Crippen molar-refractivity contribution in [3.8, 4) is 0 Å². The SMILES string of the molecule is CNC(=O)C(CCC=O)N1C(=O)c2cccc(NC)c2C1=O. The highest BCUT2D eigenvalue weighted by molar-refractivity contribution is 6.25. The smallest absolute Gasteiger partial charge is 0.264 e. The third-order valence-electron chi connectivity index (χ3n) is 3.63. The van der Waals surface area contributed by atoms with E-state index in [0.717, 1.165) is 4.90 Å². The number of benzene rings is 1. The fourth-order valence-corrected chi connectivity index (χ4v) is 2.56. The molecule has 3 amide bonds. The number of amides is 3. The van der Waals surface area contributed by atoms with Crippen molar-refractivity contribution in [2.75, 3.05) is 19.4 Å². The number of nitrogens with one attached hydrogen (secondary N) is 2. The number of carbonyl (C=O) groups is 4. The van der Waals surface area contributed by atoms with Crippen molar-refractivity contribution < 1.29 is 19.2 Å². The van der Waals surface area contributed by atoms with E-state index in [-0.39, 0.29) is 24.0 Å². The van der Waals surface area contributed by atoms with Gasteiger partial charge < -0.3 is 15.4 Å². The van der Waals surface area contributed by atoms with Gasteiger partial charge in [0.25, 0.3) is 11.8 Å². The molecule has 0 aliphatic carbocycles. The second-order valence-corrected chi connectivity index (χ2v) is 4.83. The van der Waals surface area contributed by atoms with Crippen molar-refractivity contribution >= 4 is 29.7 Å². The minimum atomic E-state index is -0.993. The third kappa shape index (κ3) is 2.45. The monoisotopic (exact) mass is 303 g/mol. The molecule has 1 aromatic rings. The van der Waals surface area contributed by atoms with Crippen LogP contribution in [0.5, 0.6) is 0 Å². The van der Waals surface area contributed by atoms with Crippen LogP contribution in [0.2, 0.25) is 0 Å². The zero-order chi connectivity index (χ0) is 16.3. The number of nitrogens with zero attached hydrogens (tertiary/aromatic N) is 1. The fraction of sp³-hybridized carbons (Fsp3) is 0.333. The summed E-state index contributed by atoms with van der Waals surface area (Å²) in [4.78, 5) is 48.7. The molecule has 0 radical (unpaired) electrons. The topological polar surface area (TPSA) is 95.6 Å². The summed E-state index contributed by atoms with van der Waals surface area (Å²) in [6.07, 6.45) is 0.848. The first-order chi connectivity index (χ1) is 10.6. The van der Waals surface area contributed by atoms with Crippen LogP contribution in [0.25, 0.3) is 0 Å². The Bertz CT molecular complexity index is 642. The molecule has 0 bridgehead atoms. The van der Waals surface area contributed by atoms with Crippen molar-refractivity contribution in [3.05, 3.63) is 29.3 Å². The fourth-order valence-electron chi connectivity index (χ4n) is 2.56. The molecule has 0 aromatic heterocycles.